The fourth-order valence-electron chi connectivity index (χ4n) is 7.27. The molecule has 1 amide bonds. The summed E-state index contributed by atoms with van der Waals surface area (Å²) in [6, 6.07) is 0.429. The minimum Gasteiger partial charge on any atom is -0.387 e. The van der Waals surface area contributed by atoms with Crippen LogP contribution in [0.25, 0.3) is 0 Å². The van der Waals surface area contributed by atoms with Crippen LogP contribution in [-0.2, 0) is 9.53 Å². The van der Waals surface area contributed by atoms with Gasteiger partial charge in [-0.05, 0) is 108 Å². The van der Waals surface area contributed by atoms with Crippen LogP contribution < -0.4 is 11.5 Å². The molecule has 188 valence electrons. The van der Waals surface area contributed by atoms with E-state index in [2.05, 4.69) is 9.80 Å². The van der Waals surface area contributed by atoms with E-state index in [1.54, 1.807) is 0 Å². The number of hydrogen-bond acceptors (Lipinski definition) is 5. The summed E-state index contributed by atoms with van der Waals surface area (Å²) in [5.41, 5.74) is 11.7. The number of likely N-dealkylation sites (tertiary alicyclic amines) is 2. The molecule has 4 fully saturated rings. The van der Waals surface area contributed by atoms with Crippen molar-refractivity contribution in [2.75, 3.05) is 33.3 Å². The molecule has 0 aromatic heterocycles. The van der Waals surface area contributed by atoms with Crippen LogP contribution in [-0.4, -0.2) is 73.0 Å². The summed E-state index contributed by atoms with van der Waals surface area (Å²) >= 11 is 0. The van der Waals surface area contributed by atoms with Crippen LogP contribution in [0.5, 0.6) is 0 Å². The van der Waals surface area contributed by atoms with E-state index in [1.807, 2.05) is 7.11 Å². The van der Waals surface area contributed by atoms with Gasteiger partial charge >= 0.3 is 0 Å². The van der Waals surface area contributed by atoms with Crippen LogP contribution in [0.2, 0.25) is 0 Å². The Morgan fingerprint density at radius 1 is 0.970 bits per heavy atom. The fourth-order valence-corrected chi connectivity index (χ4v) is 7.27. The van der Waals surface area contributed by atoms with Gasteiger partial charge in [0.15, 0.2) is 0 Å². The van der Waals surface area contributed by atoms with Gasteiger partial charge in [-0.15, -0.1) is 0 Å². The molecule has 0 spiro atoms. The van der Waals surface area contributed by atoms with E-state index in [1.165, 1.54) is 32.1 Å². The number of nitrogens with one attached hydrogen (secondary N) is 1. The molecule has 4 rings (SSSR count). The molecule has 0 aromatic carbocycles. The third-order valence-electron chi connectivity index (χ3n) is 9.46. The Hall–Kier alpha value is -1.18. The summed E-state index contributed by atoms with van der Waals surface area (Å²) in [6.45, 7) is 3.54. The van der Waals surface area contributed by atoms with Crippen LogP contribution in [0.3, 0.4) is 0 Å². The first-order valence-electron chi connectivity index (χ1n) is 13.6. The zero-order valence-electron chi connectivity index (χ0n) is 20.7. The average Bonchev–Trinajstić information content (AvgIpc) is 3.21. The Bertz CT molecular complexity index is 657. The lowest BCUT2D eigenvalue weighted by molar-refractivity contribution is -0.138. The molecule has 2 saturated heterocycles. The number of rotatable bonds is 8. The minimum atomic E-state index is 0.0204. The molecular formula is C26H47N5O2. The third-order valence-corrected chi connectivity index (χ3v) is 9.46. The Kier molecular flexibility index (Phi) is 8.69. The summed E-state index contributed by atoms with van der Waals surface area (Å²) in [4.78, 5) is 18.5. The Labute approximate surface area is 200 Å². The molecule has 7 heteroatoms. The van der Waals surface area contributed by atoms with Crippen molar-refractivity contribution in [3.8, 4) is 0 Å². The first-order valence-corrected chi connectivity index (χ1v) is 13.6. The maximum absolute atomic E-state index is 13.7. The molecule has 4 aliphatic rings. The van der Waals surface area contributed by atoms with Gasteiger partial charge in [0.2, 0.25) is 5.91 Å². The van der Waals surface area contributed by atoms with Gasteiger partial charge in [-0.1, -0.05) is 0 Å². The standard InChI is InChI=1S/C26H47N5O2/c1-33-22-6-2-18(3-7-22)11-15-31-23-17-21(25(28)29)5-4-20(23)16-24(31)26(32)30-13-9-19(8-12-27)10-14-30/h18-24H,2-17,27H2,1H3,(H3,28,29). The number of ether oxygens (including phenoxy) is 1. The molecule has 2 aliphatic heterocycles. The number of methoxy groups -OCH3 is 1. The van der Waals surface area contributed by atoms with Crippen molar-refractivity contribution >= 4 is 11.7 Å². The smallest absolute Gasteiger partial charge is 0.239 e. The third kappa shape index (κ3) is 5.91. The van der Waals surface area contributed by atoms with Crippen molar-refractivity contribution in [2.24, 2.45) is 35.1 Å². The molecule has 0 bridgehead atoms. The number of carbonyl (C=O) groups is 1. The van der Waals surface area contributed by atoms with Gasteiger partial charge in [0.05, 0.1) is 18.0 Å². The van der Waals surface area contributed by atoms with E-state index in [0.717, 1.165) is 77.0 Å². The lowest BCUT2D eigenvalue weighted by Crippen LogP contribution is -2.51. The number of nitrogens with two attached hydrogens (primary N) is 2. The lowest BCUT2D eigenvalue weighted by atomic mass is 9.78. The molecular weight excluding hydrogens is 414 g/mol. The second-order valence-corrected chi connectivity index (χ2v) is 11.3. The SMILES string of the molecule is COC1CCC(CCN2C(C(=O)N3CCC(CCN)CC3)CC3CCC(C(=N)N)CC32)CC1. The van der Waals surface area contributed by atoms with E-state index < -0.39 is 0 Å². The van der Waals surface area contributed by atoms with E-state index in [4.69, 9.17) is 21.6 Å². The van der Waals surface area contributed by atoms with E-state index >= 15 is 0 Å². The number of carbonyl (C=O) groups excluding carboxylic acids is 1. The van der Waals surface area contributed by atoms with Gasteiger partial charge in [0, 0.05) is 32.2 Å². The first-order chi connectivity index (χ1) is 16.0. The molecule has 2 aliphatic carbocycles. The summed E-state index contributed by atoms with van der Waals surface area (Å²) in [6.07, 6.45) is 13.8. The van der Waals surface area contributed by atoms with Crippen LogP contribution in [0.15, 0.2) is 0 Å². The molecule has 0 aromatic rings. The molecule has 2 saturated carbocycles. The average molecular weight is 462 g/mol. The van der Waals surface area contributed by atoms with E-state index in [0.29, 0.717) is 35.7 Å². The molecule has 5 N–H and O–H groups in total. The zero-order chi connectivity index (χ0) is 23.4. The van der Waals surface area contributed by atoms with E-state index in [9.17, 15) is 4.79 Å². The van der Waals surface area contributed by atoms with Gasteiger partial charge in [0.1, 0.15) is 0 Å². The number of fused-ring (bicyclic) bond motifs is 1. The van der Waals surface area contributed by atoms with Crippen molar-refractivity contribution in [1.29, 1.82) is 5.41 Å². The predicted octanol–water partition coefficient (Wildman–Crippen LogP) is 2.96. The molecule has 4 unspecified atom stereocenters. The number of amidine groups is 1. The predicted molar refractivity (Wildman–Crippen MR) is 132 cm³/mol. The van der Waals surface area contributed by atoms with Gasteiger partial charge in [0.25, 0.3) is 0 Å². The topological polar surface area (TPSA) is 109 Å². The van der Waals surface area contributed by atoms with Gasteiger partial charge in [-0.3, -0.25) is 15.1 Å². The Balaban J connectivity index is 1.40. The maximum atomic E-state index is 13.7. The second kappa shape index (κ2) is 11.5. The van der Waals surface area contributed by atoms with Crippen molar-refractivity contribution in [1.82, 2.24) is 9.80 Å². The number of nitrogens with zero attached hydrogens (tertiary/aromatic N) is 2. The largest absolute Gasteiger partial charge is 0.387 e. The summed E-state index contributed by atoms with van der Waals surface area (Å²) < 4.78 is 5.56. The van der Waals surface area contributed by atoms with Gasteiger partial charge in [-0.25, -0.2) is 0 Å². The van der Waals surface area contributed by atoms with Crippen molar-refractivity contribution in [3.05, 3.63) is 0 Å². The van der Waals surface area contributed by atoms with Gasteiger partial charge in [-0.2, -0.15) is 0 Å². The molecule has 4 atom stereocenters. The molecule has 33 heavy (non-hydrogen) atoms. The van der Waals surface area contributed by atoms with Crippen molar-refractivity contribution < 1.29 is 9.53 Å². The number of hydrogen-bond donors (Lipinski definition) is 3. The van der Waals surface area contributed by atoms with Crippen LogP contribution >= 0.6 is 0 Å². The quantitative estimate of drug-likeness (QED) is 0.380. The van der Waals surface area contributed by atoms with Crippen molar-refractivity contribution in [3.63, 3.8) is 0 Å². The van der Waals surface area contributed by atoms with E-state index in [-0.39, 0.29) is 12.0 Å². The summed E-state index contributed by atoms with van der Waals surface area (Å²) in [7, 11) is 1.83. The van der Waals surface area contributed by atoms with Crippen molar-refractivity contribution in [2.45, 2.75) is 95.2 Å². The minimum absolute atomic E-state index is 0.0204. The van der Waals surface area contributed by atoms with Crippen LogP contribution in [0, 0.1) is 29.1 Å². The molecule has 2 heterocycles. The normalized spacial score (nSPS) is 36.0. The second-order valence-electron chi connectivity index (χ2n) is 11.3. The fraction of sp³-hybridized carbons (Fsp3) is 0.923. The summed E-state index contributed by atoms with van der Waals surface area (Å²) in [5, 5.41) is 8.02. The highest BCUT2D eigenvalue weighted by Crippen LogP contribution is 2.43. The number of amides is 1. The Morgan fingerprint density at radius 3 is 2.30 bits per heavy atom. The van der Waals surface area contributed by atoms with Crippen LogP contribution in [0.1, 0.15) is 77.0 Å². The lowest BCUT2D eigenvalue weighted by Gasteiger charge is -2.39. The maximum Gasteiger partial charge on any atom is 0.239 e. The first kappa shape index (κ1) is 24.9. The highest BCUT2D eigenvalue weighted by atomic mass is 16.5. The Morgan fingerprint density at radius 2 is 1.67 bits per heavy atom. The molecule has 0 radical (unpaired) electrons. The highest BCUT2D eigenvalue weighted by Gasteiger charge is 2.48. The number of piperidine rings is 1. The van der Waals surface area contributed by atoms with Crippen LogP contribution in [0.4, 0.5) is 0 Å². The molecule has 7 nitrogen and oxygen atoms in total. The monoisotopic (exact) mass is 461 g/mol. The van der Waals surface area contributed by atoms with Gasteiger partial charge < -0.3 is 21.1 Å². The summed E-state index contributed by atoms with van der Waals surface area (Å²) in [5.74, 6) is 2.88. The highest BCUT2D eigenvalue weighted by molar-refractivity contribution is 5.83. The zero-order valence-corrected chi connectivity index (χ0v) is 20.7.